The Morgan fingerprint density at radius 1 is 1.42 bits per heavy atom. The van der Waals surface area contributed by atoms with Crippen molar-refractivity contribution in [2.45, 2.75) is 32.4 Å². The number of hydrogen-bond donors (Lipinski definition) is 0. The zero-order chi connectivity index (χ0) is 18.1. The molecule has 0 unspecified atom stereocenters. The molecule has 2 aliphatic rings. The van der Waals surface area contributed by atoms with Gasteiger partial charge in [0.1, 0.15) is 11.3 Å². The first-order valence-electron chi connectivity index (χ1n) is 9.13. The quantitative estimate of drug-likeness (QED) is 0.819. The molecule has 7 heteroatoms. The summed E-state index contributed by atoms with van der Waals surface area (Å²) in [6, 6.07) is 7.48. The van der Waals surface area contributed by atoms with Gasteiger partial charge in [-0.2, -0.15) is 5.10 Å². The number of rotatable bonds is 5. The average molecular weight is 356 g/mol. The summed E-state index contributed by atoms with van der Waals surface area (Å²) in [5, 5.41) is 4.37. The molecule has 1 amide bonds. The Morgan fingerprint density at radius 3 is 3.00 bits per heavy atom. The highest BCUT2D eigenvalue weighted by Gasteiger charge is 2.55. The molecule has 0 N–H and O–H groups in total. The Kier molecular flexibility index (Phi) is 4.40. The van der Waals surface area contributed by atoms with Gasteiger partial charge in [0.05, 0.1) is 25.4 Å². The van der Waals surface area contributed by atoms with E-state index in [0.29, 0.717) is 44.4 Å². The van der Waals surface area contributed by atoms with Gasteiger partial charge in [-0.1, -0.05) is 6.07 Å². The minimum absolute atomic E-state index is 0.0259. The lowest BCUT2D eigenvalue weighted by atomic mass is 9.81. The maximum atomic E-state index is 12.8. The second-order valence-electron chi connectivity index (χ2n) is 7.03. The van der Waals surface area contributed by atoms with Crippen molar-refractivity contribution in [1.82, 2.24) is 19.7 Å². The summed E-state index contributed by atoms with van der Waals surface area (Å²) in [5.74, 6) is 0.925. The molecule has 2 aliphatic heterocycles. The standard InChI is InChI=1S/C19H24N4O3/c1-3-23-16(10-14(2)21-23)18(24)22-12-19(13-22)15(7-9-26-19)11-25-17-6-4-5-8-20-17/h4-6,8,10,15H,3,7,9,11-13H2,1-2H3/t15-/m0/s1. The third-order valence-corrected chi connectivity index (χ3v) is 5.30. The third-order valence-electron chi connectivity index (χ3n) is 5.30. The van der Waals surface area contributed by atoms with Crippen LogP contribution in [-0.2, 0) is 11.3 Å². The van der Waals surface area contributed by atoms with E-state index in [4.69, 9.17) is 9.47 Å². The lowest BCUT2D eigenvalue weighted by Gasteiger charge is -2.49. The maximum absolute atomic E-state index is 12.8. The molecule has 0 aromatic carbocycles. The zero-order valence-corrected chi connectivity index (χ0v) is 15.2. The molecule has 1 spiro atoms. The van der Waals surface area contributed by atoms with Crippen LogP contribution >= 0.6 is 0 Å². The van der Waals surface area contributed by atoms with E-state index in [2.05, 4.69) is 10.1 Å². The van der Waals surface area contributed by atoms with Gasteiger partial charge < -0.3 is 14.4 Å². The summed E-state index contributed by atoms with van der Waals surface area (Å²) in [4.78, 5) is 18.9. The van der Waals surface area contributed by atoms with Gasteiger partial charge in [0.2, 0.25) is 5.88 Å². The van der Waals surface area contributed by atoms with Crippen LogP contribution in [-0.4, -0.2) is 57.5 Å². The average Bonchev–Trinajstić information content (AvgIpc) is 3.22. The van der Waals surface area contributed by atoms with Gasteiger partial charge in [-0.3, -0.25) is 9.48 Å². The summed E-state index contributed by atoms with van der Waals surface area (Å²) in [5.41, 5.74) is 1.24. The fourth-order valence-electron chi connectivity index (χ4n) is 3.85. The van der Waals surface area contributed by atoms with Crippen LogP contribution in [0.3, 0.4) is 0 Å². The lowest BCUT2D eigenvalue weighted by molar-refractivity contribution is -0.122. The molecule has 4 heterocycles. The van der Waals surface area contributed by atoms with Crippen molar-refractivity contribution in [3.63, 3.8) is 0 Å². The molecule has 4 rings (SSSR count). The molecule has 0 aliphatic carbocycles. The van der Waals surface area contributed by atoms with Crippen molar-refractivity contribution in [3.8, 4) is 5.88 Å². The van der Waals surface area contributed by atoms with E-state index in [1.807, 2.05) is 43.0 Å². The largest absolute Gasteiger partial charge is 0.477 e. The van der Waals surface area contributed by atoms with E-state index >= 15 is 0 Å². The van der Waals surface area contributed by atoms with E-state index in [0.717, 1.165) is 12.1 Å². The summed E-state index contributed by atoms with van der Waals surface area (Å²) in [7, 11) is 0. The lowest BCUT2D eigenvalue weighted by Crippen LogP contribution is -2.66. The topological polar surface area (TPSA) is 69.5 Å². The number of likely N-dealkylation sites (tertiary alicyclic amines) is 1. The van der Waals surface area contributed by atoms with Gasteiger partial charge in [0.15, 0.2) is 0 Å². The van der Waals surface area contributed by atoms with E-state index in [-0.39, 0.29) is 17.4 Å². The van der Waals surface area contributed by atoms with E-state index in [9.17, 15) is 4.79 Å². The van der Waals surface area contributed by atoms with Gasteiger partial charge in [0, 0.05) is 31.3 Å². The molecule has 0 saturated carbocycles. The first-order valence-corrected chi connectivity index (χ1v) is 9.13. The van der Waals surface area contributed by atoms with Crippen LogP contribution in [0.25, 0.3) is 0 Å². The van der Waals surface area contributed by atoms with Crippen LogP contribution in [0.4, 0.5) is 0 Å². The van der Waals surface area contributed by atoms with Crippen LogP contribution in [0.15, 0.2) is 30.5 Å². The normalized spacial score (nSPS) is 21.0. The number of amides is 1. The predicted molar refractivity (Wildman–Crippen MR) is 95.1 cm³/mol. The minimum atomic E-state index is -0.281. The number of ether oxygens (including phenoxy) is 2. The Morgan fingerprint density at radius 2 is 2.27 bits per heavy atom. The minimum Gasteiger partial charge on any atom is -0.477 e. The molecule has 26 heavy (non-hydrogen) atoms. The maximum Gasteiger partial charge on any atom is 0.272 e. The smallest absolute Gasteiger partial charge is 0.272 e. The number of aromatic nitrogens is 3. The molecule has 1 atom stereocenters. The number of carbonyl (C=O) groups excluding carboxylic acids is 1. The first-order chi connectivity index (χ1) is 12.6. The Balaban J connectivity index is 1.39. The van der Waals surface area contributed by atoms with Crippen LogP contribution in [0.5, 0.6) is 5.88 Å². The number of carbonyl (C=O) groups is 1. The van der Waals surface area contributed by atoms with Crippen LogP contribution in [0.1, 0.15) is 29.5 Å². The summed E-state index contributed by atoms with van der Waals surface area (Å²) in [6.07, 6.45) is 2.67. The molecule has 7 nitrogen and oxygen atoms in total. The van der Waals surface area contributed by atoms with E-state index in [1.165, 1.54) is 0 Å². The predicted octanol–water partition coefficient (Wildman–Crippen LogP) is 1.92. The zero-order valence-electron chi connectivity index (χ0n) is 15.2. The second-order valence-corrected chi connectivity index (χ2v) is 7.03. The van der Waals surface area contributed by atoms with Crippen molar-refractivity contribution >= 4 is 5.91 Å². The van der Waals surface area contributed by atoms with Crippen LogP contribution < -0.4 is 4.74 Å². The molecule has 2 aromatic rings. The summed E-state index contributed by atoms with van der Waals surface area (Å²) < 4.78 is 13.6. The molecule has 0 bridgehead atoms. The second kappa shape index (κ2) is 6.72. The van der Waals surface area contributed by atoms with Crippen LogP contribution in [0, 0.1) is 12.8 Å². The van der Waals surface area contributed by atoms with Gasteiger partial charge in [-0.15, -0.1) is 0 Å². The highest BCUT2D eigenvalue weighted by atomic mass is 16.5. The number of hydrogen-bond acceptors (Lipinski definition) is 5. The summed E-state index contributed by atoms with van der Waals surface area (Å²) in [6.45, 7) is 7.07. The fourth-order valence-corrected chi connectivity index (χ4v) is 3.85. The monoisotopic (exact) mass is 356 g/mol. The molecule has 2 aromatic heterocycles. The van der Waals surface area contributed by atoms with E-state index < -0.39 is 0 Å². The molecule has 2 saturated heterocycles. The van der Waals surface area contributed by atoms with Gasteiger partial charge in [-0.25, -0.2) is 4.98 Å². The van der Waals surface area contributed by atoms with Crippen molar-refractivity contribution < 1.29 is 14.3 Å². The Hall–Kier alpha value is -2.41. The first kappa shape index (κ1) is 17.0. The van der Waals surface area contributed by atoms with Crippen molar-refractivity contribution in [3.05, 3.63) is 41.9 Å². The molecule has 2 fully saturated rings. The van der Waals surface area contributed by atoms with Crippen molar-refractivity contribution in [1.29, 1.82) is 0 Å². The summed E-state index contributed by atoms with van der Waals surface area (Å²) >= 11 is 0. The fraction of sp³-hybridized carbons (Fsp3) is 0.526. The van der Waals surface area contributed by atoms with Crippen molar-refractivity contribution in [2.75, 3.05) is 26.3 Å². The number of aryl methyl sites for hydroxylation is 2. The SMILES string of the molecule is CCn1nc(C)cc1C(=O)N1CC2(C1)OCC[C@H]2COc1ccccn1. The van der Waals surface area contributed by atoms with Gasteiger partial charge in [-0.05, 0) is 32.4 Å². The van der Waals surface area contributed by atoms with Gasteiger partial charge >= 0.3 is 0 Å². The van der Waals surface area contributed by atoms with E-state index in [1.54, 1.807) is 10.9 Å². The highest BCUT2D eigenvalue weighted by Crippen LogP contribution is 2.40. The number of nitrogens with zero attached hydrogens (tertiary/aromatic N) is 4. The Labute approximate surface area is 152 Å². The third kappa shape index (κ3) is 2.96. The molecular weight excluding hydrogens is 332 g/mol. The molecule has 0 radical (unpaired) electrons. The molecule has 138 valence electrons. The Bertz CT molecular complexity index is 783. The molecular formula is C19H24N4O3. The van der Waals surface area contributed by atoms with Crippen LogP contribution in [0.2, 0.25) is 0 Å². The number of pyridine rings is 1. The highest BCUT2D eigenvalue weighted by molar-refractivity contribution is 5.93. The van der Waals surface area contributed by atoms with Crippen molar-refractivity contribution in [2.24, 2.45) is 5.92 Å². The van der Waals surface area contributed by atoms with Gasteiger partial charge in [0.25, 0.3) is 5.91 Å².